The lowest BCUT2D eigenvalue weighted by molar-refractivity contribution is -0.116. The topological polar surface area (TPSA) is 243 Å². The van der Waals surface area contributed by atoms with Gasteiger partial charge in [-0.15, -0.1) is 0 Å². The van der Waals surface area contributed by atoms with E-state index in [4.69, 9.17) is 0 Å². The van der Waals surface area contributed by atoms with Crippen LogP contribution in [0.3, 0.4) is 0 Å². The first-order valence-electron chi connectivity index (χ1n) is 15.3. The van der Waals surface area contributed by atoms with Crippen molar-refractivity contribution < 1.29 is 49.9 Å². The molecule has 4 unspecified atom stereocenters. The lowest BCUT2D eigenvalue weighted by Gasteiger charge is -2.26. The Morgan fingerprint density at radius 3 is 1.25 bits per heavy atom. The molecule has 4 amide bonds. The zero-order valence-corrected chi connectivity index (χ0v) is 28.1. The molecule has 4 atom stereocenters. The molecule has 15 nitrogen and oxygen atoms in total. The average molecular weight is 743 g/mol. The summed E-state index contributed by atoms with van der Waals surface area (Å²) in [7, 11) is -9.76. The zero-order chi connectivity index (χ0) is 37.4. The van der Waals surface area contributed by atoms with Crippen LogP contribution in [0.1, 0.15) is 20.7 Å². The number of allylic oxidation sites excluding steroid dienone is 12. The third-order valence-electron chi connectivity index (χ3n) is 8.34. The van der Waals surface area contributed by atoms with E-state index in [1.807, 2.05) is 0 Å². The number of rotatable bonds is 6. The molecular weight excluding hydrogens is 717 g/mol. The van der Waals surface area contributed by atoms with E-state index in [2.05, 4.69) is 20.6 Å². The van der Waals surface area contributed by atoms with Crippen LogP contribution in [0, 0.1) is 23.7 Å². The minimum atomic E-state index is -4.88. The van der Waals surface area contributed by atoms with Crippen LogP contribution >= 0.6 is 0 Å². The van der Waals surface area contributed by atoms with Crippen molar-refractivity contribution in [2.24, 2.45) is 33.7 Å². The number of nitrogens with zero attached hydrogens (tertiary/aromatic N) is 2. The maximum Gasteiger partial charge on any atom is 0.323 e. The standard InChI is InChI=1S/C35H26N4O11S2/c40-31-25-7-3-1-5-21(25)17-27(51(45,46)47)29(31)38-33(42)19-9-13-23(14-10-19)36-35(44)37-24-15-11-20(12-16-24)34(43)39-30-28(52(48,49)50)18-22-6-2-4-8-26(22)32(30)41/h1-18,21-22,25-26H,(H2,36,37,44)(H,45,46,47)(H,48,49,50). The van der Waals surface area contributed by atoms with Crippen LogP contribution in [0.4, 0.5) is 16.2 Å². The number of fused-ring (bicyclic) bond motifs is 2. The van der Waals surface area contributed by atoms with Crippen LogP contribution in [-0.4, -0.2) is 66.8 Å². The summed E-state index contributed by atoms with van der Waals surface area (Å²) in [5.74, 6) is -6.25. The summed E-state index contributed by atoms with van der Waals surface area (Å²) in [4.78, 5) is 70.5. The molecule has 0 saturated heterocycles. The SMILES string of the molecule is O=C(Nc1ccc(C(=O)N=C2C(=O)C3C=CC=CC3C=C2S(=O)(=O)O)cc1)Nc1ccc(C(=O)N=C2C(=O)C3C=CC=CC3C=C2S(=O)(=O)O)cc1. The summed E-state index contributed by atoms with van der Waals surface area (Å²) in [5, 5.41) is 5.06. The smallest absolute Gasteiger partial charge is 0.308 e. The number of Topliss-reactive ketones (excluding diaryl/α,β-unsaturated/α-hetero) is 2. The molecule has 17 heteroatoms. The number of urea groups is 1. The highest BCUT2D eigenvalue weighted by molar-refractivity contribution is 7.91. The molecule has 2 aromatic carbocycles. The van der Waals surface area contributed by atoms with E-state index in [1.165, 1.54) is 60.7 Å². The Bertz CT molecular complexity index is 2230. The molecule has 0 fully saturated rings. The Labute approximate surface area is 296 Å². The molecule has 0 aromatic heterocycles. The van der Waals surface area contributed by atoms with Crippen molar-refractivity contribution in [1.29, 1.82) is 0 Å². The van der Waals surface area contributed by atoms with Crippen molar-refractivity contribution in [2.45, 2.75) is 0 Å². The fourth-order valence-electron chi connectivity index (χ4n) is 5.81. The Balaban J connectivity index is 1.11. The predicted octanol–water partition coefficient (Wildman–Crippen LogP) is 3.92. The predicted molar refractivity (Wildman–Crippen MR) is 189 cm³/mol. The number of nitrogens with one attached hydrogen (secondary N) is 2. The maximum absolute atomic E-state index is 13.0. The Kier molecular flexibility index (Phi) is 9.61. The van der Waals surface area contributed by atoms with Gasteiger partial charge in [0.25, 0.3) is 32.1 Å². The van der Waals surface area contributed by atoms with Crippen molar-refractivity contribution in [1.82, 2.24) is 0 Å². The van der Waals surface area contributed by atoms with Gasteiger partial charge in [0, 0.05) is 34.3 Å². The lowest BCUT2D eigenvalue weighted by atomic mass is 9.79. The molecular formula is C35H26N4O11S2. The fraction of sp³-hybridized carbons (Fsp3) is 0.114. The third-order valence-corrected chi connectivity index (χ3v) is 10.1. The summed E-state index contributed by atoms with van der Waals surface area (Å²) in [5.41, 5.74) is -1.03. The number of hydrogen-bond acceptors (Lipinski definition) is 9. The van der Waals surface area contributed by atoms with Crippen LogP contribution in [0.5, 0.6) is 0 Å². The molecule has 52 heavy (non-hydrogen) atoms. The van der Waals surface area contributed by atoms with Crippen molar-refractivity contribution in [3.05, 3.63) is 130 Å². The van der Waals surface area contributed by atoms with E-state index >= 15 is 0 Å². The molecule has 0 spiro atoms. The van der Waals surface area contributed by atoms with Gasteiger partial charge in [-0.2, -0.15) is 16.8 Å². The number of hydrogen-bond donors (Lipinski definition) is 4. The lowest BCUT2D eigenvalue weighted by Crippen LogP contribution is -2.36. The van der Waals surface area contributed by atoms with Gasteiger partial charge in [0.15, 0.2) is 11.6 Å². The van der Waals surface area contributed by atoms with Gasteiger partial charge in [-0.25, -0.2) is 14.8 Å². The monoisotopic (exact) mass is 742 g/mol. The molecule has 0 aliphatic heterocycles. The second kappa shape index (κ2) is 14.0. The summed E-state index contributed by atoms with van der Waals surface area (Å²) in [6.45, 7) is 0. The number of carbonyl (C=O) groups excluding carboxylic acids is 5. The second-order valence-electron chi connectivity index (χ2n) is 11.8. The van der Waals surface area contributed by atoms with Crippen molar-refractivity contribution in [2.75, 3.05) is 10.6 Å². The van der Waals surface area contributed by atoms with E-state index in [9.17, 15) is 49.9 Å². The van der Waals surface area contributed by atoms with Gasteiger partial charge in [-0.05, 0) is 48.5 Å². The summed E-state index contributed by atoms with van der Waals surface area (Å²) in [6.07, 6.45) is 15.1. The molecule has 4 N–H and O–H groups in total. The van der Waals surface area contributed by atoms with Gasteiger partial charge in [0.1, 0.15) is 21.2 Å². The van der Waals surface area contributed by atoms with Gasteiger partial charge >= 0.3 is 6.03 Å². The van der Waals surface area contributed by atoms with Gasteiger partial charge in [-0.1, -0.05) is 60.8 Å². The van der Waals surface area contributed by atoms with Crippen molar-refractivity contribution in [3.8, 4) is 0 Å². The van der Waals surface area contributed by atoms with Crippen LogP contribution in [0.2, 0.25) is 0 Å². The highest BCUT2D eigenvalue weighted by atomic mass is 32.2. The van der Waals surface area contributed by atoms with Gasteiger partial charge in [-0.3, -0.25) is 28.3 Å². The molecule has 6 rings (SSSR count). The number of anilines is 2. The first kappa shape index (κ1) is 35.8. The normalized spacial score (nSPS) is 23.8. The zero-order valence-electron chi connectivity index (χ0n) is 26.5. The Hall–Kier alpha value is -6.01. The van der Waals surface area contributed by atoms with Gasteiger partial charge in [0.05, 0.1) is 11.8 Å². The molecule has 2 aromatic rings. The minimum Gasteiger partial charge on any atom is -0.308 e. The summed E-state index contributed by atoms with van der Waals surface area (Å²) in [6, 6.07) is 9.80. The van der Waals surface area contributed by atoms with E-state index in [1.54, 1.807) is 48.6 Å². The quantitative estimate of drug-likeness (QED) is 0.309. The molecule has 264 valence electrons. The molecule has 4 aliphatic rings. The summed E-state index contributed by atoms with van der Waals surface area (Å²) < 4.78 is 67.5. The second-order valence-corrected chi connectivity index (χ2v) is 14.5. The van der Waals surface area contributed by atoms with Crippen molar-refractivity contribution >= 4 is 72.4 Å². The van der Waals surface area contributed by atoms with Crippen LogP contribution in [0.15, 0.2) is 129 Å². The van der Waals surface area contributed by atoms with E-state index in [0.717, 1.165) is 0 Å². The van der Waals surface area contributed by atoms with E-state index in [-0.39, 0.29) is 22.5 Å². The first-order valence-corrected chi connectivity index (χ1v) is 18.2. The molecule has 0 radical (unpaired) electrons. The Morgan fingerprint density at radius 1 is 0.558 bits per heavy atom. The third kappa shape index (κ3) is 7.52. The van der Waals surface area contributed by atoms with Crippen LogP contribution in [-0.2, 0) is 29.8 Å². The number of carbonyl (C=O) groups is 5. The van der Waals surface area contributed by atoms with E-state index < -0.39 is 94.6 Å². The van der Waals surface area contributed by atoms with Gasteiger partial charge in [0.2, 0.25) is 0 Å². The minimum absolute atomic E-state index is 0.0491. The number of aliphatic imine (C=N–C) groups is 2. The van der Waals surface area contributed by atoms with Gasteiger partial charge < -0.3 is 10.6 Å². The number of ketones is 2. The molecule has 0 heterocycles. The maximum atomic E-state index is 13.0. The highest BCUT2D eigenvalue weighted by Gasteiger charge is 2.41. The molecule has 4 aliphatic carbocycles. The largest absolute Gasteiger partial charge is 0.323 e. The number of amides is 4. The highest BCUT2D eigenvalue weighted by Crippen LogP contribution is 2.33. The first-order chi connectivity index (χ1) is 24.6. The fourth-order valence-corrected chi connectivity index (χ4v) is 7.25. The van der Waals surface area contributed by atoms with Crippen molar-refractivity contribution in [3.63, 3.8) is 0 Å². The van der Waals surface area contributed by atoms with E-state index in [0.29, 0.717) is 0 Å². The number of benzene rings is 2. The van der Waals surface area contributed by atoms with Crippen LogP contribution < -0.4 is 10.6 Å². The average Bonchev–Trinajstić information content (AvgIpc) is 3.10. The Morgan fingerprint density at radius 2 is 0.904 bits per heavy atom. The summed E-state index contributed by atoms with van der Waals surface area (Å²) >= 11 is 0. The molecule has 0 bridgehead atoms. The van der Waals surface area contributed by atoms with Crippen LogP contribution in [0.25, 0.3) is 0 Å². The molecule has 0 saturated carbocycles.